The molecule has 0 bridgehead atoms. The molecule has 2 heterocycles. The maximum Gasteiger partial charge on any atom is 0.137 e. The first-order chi connectivity index (χ1) is 15.2. The number of ether oxygens (including phenoxy) is 2. The third-order valence-corrected chi connectivity index (χ3v) is 7.22. The standard InChI is InChI=1S/C26H31NO3S/c1-2-24(21-7-4-3-5-8-21)26(28,25-9-6-20-31-25)22-10-12-23(13-11-22)30-19-16-27-14-17-29-18-15-27/h3-13,20,24,28H,2,14-19H2,1H3/p+1/t24-,26-/m0/s1. The molecule has 3 aromatic rings. The lowest BCUT2D eigenvalue weighted by atomic mass is 9.75. The van der Waals surface area contributed by atoms with Gasteiger partial charge in [-0.2, -0.15) is 0 Å². The van der Waals surface area contributed by atoms with Gasteiger partial charge in [0.2, 0.25) is 0 Å². The van der Waals surface area contributed by atoms with Gasteiger partial charge in [-0.1, -0.05) is 55.5 Å². The molecular weight excluding hydrogens is 406 g/mol. The van der Waals surface area contributed by atoms with Crippen LogP contribution in [0.25, 0.3) is 0 Å². The van der Waals surface area contributed by atoms with Crippen molar-refractivity contribution in [3.8, 4) is 5.75 Å². The summed E-state index contributed by atoms with van der Waals surface area (Å²) in [5.41, 5.74) is 0.965. The lowest BCUT2D eigenvalue weighted by molar-refractivity contribution is -0.908. The topological polar surface area (TPSA) is 43.1 Å². The minimum atomic E-state index is -1.08. The van der Waals surface area contributed by atoms with Gasteiger partial charge in [0, 0.05) is 10.8 Å². The van der Waals surface area contributed by atoms with E-state index in [9.17, 15) is 5.11 Å². The normalized spacial score (nSPS) is 17.7. The molecule has 1 aromatic heterocycles. The largest absolute Gasteiger partial charge is 0.488 e. The van der Waals surface area contributed by atoms with E-state index in [1.54, 1.807) is 11.3 Å². The smallest absolute Gasteiger partial charge is 0.137 e. The zero-order chi connectivity index (χ0) is 21.5. The molecular formula is C26H32NO3S+. The summed E-state index contributed by atoms with van der Waals surface area (Å²) < 4.78 is 11.4. The first-order valence-corrected chi connectivity index (χ1v) is 12.1. The quantitative estimate of drug-likeness (QED) is 0.538. The molecule has 0 aliphatic carbocycles. The predicted octanol–water partition coefficient (Wildman–Crippen LogP) is 3.47. The summed E-state index contributed by atoms with van der Waals surface area (Å²) in [7, 11) is 0. The highest BCUT2D eigenvalue weighted by atomic mass is 32.1. The molecule has 0 amide bonds. The van der Waals surface area contributed by atoms with Crippen LogP contribution in [0.3, 0.4) is 0 Å². The number of nitrogens with one attached hydrogen (secondary N) is 1. The average Bonchev–Trinajstić information content (AvgIpc) is 3.37. The van der Waals surface area contributed by atoms with Crippen LogP contribution in [0.5, 0.6) is 5.75 Å². The van der Waals surface area contributed by atoms with Gasteiger partial charge in [-0.15, -0.1) is 11.3 Å². The van der Waals surface area contributed by atoms with Crippen LogP contribution in [0.4, 0.5) is 0 Å². The molecule has 0 spiro atoms. The summed E-state index contributed by atoms with van der Waals surface area (Å²) in [4.78, 5) is 2.50. The monoisotopic (exact) mass is 438 g/mol. The molecule has 4 nitrogen and oxygen atoms in total. The molecule has 0 radical (unpaired) electrons. The minimum absolute atomic E-state index is 0.0379. The molecule has 1 aliphatic rings. The fourth-order valence-electron chi connectivity index (χ4n) is 4.50. The molecule has 0 unspecified atom stereocenters. The van der Waals surface area contributed by atoms with E-state index >= 15 is 0 Å². The highest BCUT2D eigenvalue weighted by molar-refractivity contribution is 7.10. The van der Waals surface area contributed by atoms with E-state index in [4.69, 9.17) is 9.47 Å². The second-order valence-corrected chi connectivity index (χ2v) is 9.05. The number of morpholine rings is 1. The number of quaternary nitrogens is 1. The summed E-state index contributed by atoms with van der Waals surface area (Å²) >= 11 is 1.60. The van der Waals surface area contributed by atoms with Crippen molar-refractivity contribution in [3.63, 3.8) is 0 Å². The van der Waals surface area contributed by atoms with E-state index in [1.807, 2.05) is 60.0 Å². The van der Waals surface area contributed by atoms with Gasteiger partial charge in [-0.05, 0) is 41.1 Å². The number of thiophene rings is 1. The van der Waals surface area contributed by atoms with E-state index in [1.165, 1.54) is 4.90 Å². The summed E-state index contributed by atoms with van der Waals surface area (Å²) in [5, 5.41) is 14.2. The first-order valence-electron chi connectivity index (χ1n) is 11.2. The van der Waals surface area contributed by atoms with Crippen LogP contribution >= 0.6 is 11.3 Å². The Hall–Kier alpha value is -2.18. The van der Waals surface area contributed by atoms with E-state index in [2.05, 4.69) is 19.1 Å². The fraction of sp³-hybridized carbons (Fsp3) is 0.385. The van der Waals surface area contributed by atoms with Crippen LogP contribution < -0.4 is 9.64 Å². The molecule has 1 aliphatic heterocycles. The SMILES string of the molecule is CC[C@@H](c1ccccc1)[C@@](O)(c1ccc(OCC[NH+]2CCOCC2)cc1)c1cccs1. The fourth-order valence-corrected chi connectivity index (χ4v) is 5.40. The molecule has 2 atom stereocenters. The highest BCUT2D eigenvalue weighted by Gasteiger charge is 2.41. The van der Waals surface area contributed by atoms with Crippen molar-refractivity contribution in [1.29, 1.82) is 0 Å². The van der Waals surface area contributed by atoms with Gasteiger partial charge in [0.15, 0.2) is 0 Å². The summed E-state index contributed by atoms with van der Waals surface area (Å²) in [5.74, 6) is 0.807. The Morgan fingerprint density at radius 3 is 2.42 bits per heavy atom. The van der Waals surface area contributed by atoms with Crippen molar-refractivity contribution in [2.24, 2.45) is 0 Å². The molecule has 4 rings (SSSR count). The van der Waals surface area contributed by atoms with Crippen molar-refractivity contribution < 1.29 is 19.5 Å². The zero-order valence-electron chi connectivity index (χ0n) is 18.1. The summed E-state index contributed by atoms with van der Waals surface area (Å²) in [6.45, 7) is 7.59. The van der Waals surface area contributed by atoms with E-state index < -0.39 is 5.60 Å². The van der Waals surface area contributed by atoms with Gasteiger partial charge in [0.05, 0.1) is 13.2 Å². The Labute approximate surface area is 189 Å². The van der Waals surface area contributed by atoms with E-state index in [-0.39, 0.29) is 5.92 Å². The molecule has 5 heteroatoms. The average molecular weight is 439 g/mol. The van der Waals surface area contributed by atoms with Gasteiger partial charge in [0.1, 0.15) is 37.6 Å². The van der Waals surface area contributed by atoms with Crippen LogP contribution in [-0.4, -0.2) is 44.6 Å². The zero-order valence-corrected chi connectivity index (χ0v) is 18.9. The maximum absolute atomic E-state index is 12.1. The molecule has 1 fully saturated rings. The maximum atomic E-state index is 12.1. The van der Waals surface area contributed by atoms with Gasteiger partial charge in [0.25, 0.3) is 0 Å². The van der Waals surface area contributed by atoms with E-state index in [0.717, 1.165) is 61.0 Å². The molecule has 31 heavy (non-hydrogen) atoms. The first kappa shape index (κ1) is 22.0. The molecule has 164 valence electrons. The predicted molar refractivity (Wildman–Crippen MR) is 125 cm³/mol. The van der Waals surface area contributed by atoms with Gasteiger partial charge >= 0.3 is 0 Å². The Bertz CT molecular complexity index is 908. The van der Waals surface area contributed by atoms with Gasteiger partial charge in [-0.3, -0.25) is 0 Å². The number of hydrogen-bond donors (Lipinski definition) is 2. The van der Waals surface area contributed by atoms with E-state index in [0.29, 0.717) is 6.61 Å². The molecule has 2 N–H and O–H groups in total. The number of benzene rings is 2. The van der Waals surface area contributed by atoms with Crippen molar-refractivity contribution in [3.05, 3.63) is 88.1 Å². The Morgan fingerprint density at radius 2 is 1.77 bits per heavy atom. The lowest BCUT2D eigenvalue weighted by Gasteiger charge is -2.36. The third kappa shape index (κ3) is 5.01. The minimum Gasteiger partial charge on any atom is -0.488 e. The van der Waals surface area contributed by atoms with Crippen LogP contribution in [-0.2, 0) is 10.3 Å². The number of rotatable bonds is 9. The van der Waals surface area contributed by atoms with Crippen LogP contribution in [0, 0.1) is 0 Å². The van der Waals surface area contributed by atoms with Crippen LogP contribution in [0.1, 0.15) is 35.3 Å². The van der Waals surface area contributed by atoms with Gasteiger partial charge < -0.3 is 19.5 Å². The van der Waals surface area contributed by atoms with Gasteiger partial charge in [-0.25, -0.2) is 0 Å². The Balaban J connectivity index is 1.53. The van der Waals surface area contributed by atoms with Crippen molar-refractivity contribution >= 4 is 11.3 Å². The molecule has 1 saturated heterocycles. The number of hydrogen-bond acceptors (Lipinski definition) is 4. The lowest BCUT2D eigenvalue weighted by Crippen LogP contribution is -3.14. The summed E-state index contributed by atoms with van der Waals surface area (Å²) in [6, 6.07) is 22.4. The second-order valence-electron chi connectivity index (χ2n) is 8.10. The van der Waals surface area contributed by atoms with Crippen molar-refractivity contribution in [2.45, 2.75) is 24.9 Å². The van der Waals surface area contributed by atoms with Crippen molar-refractivity contribution in [1.82, 2.24) is 0 Å². The third-order valence-electron chi connectivity index (χ3n) is 6.23. The summed E-state index contributed by atoms with van der Waals surface area (Å²) in [6.07, 6.45) is 0.832. The van der Waals surface area contributed by atoms with Crippen LogP contribution in [0.15, 0.2) is 72.1 Å². The number of aliphatic hydroxyl groups is 1. The molecule has 0 saturated carbocycles. The Morgan fingerprint density at radius 1 is 1.03 bits per heavy atom. The van der Waals surface area contributed by atoms with Crippen molar-refractivity contribution in [2.75, 3.05) is 39.5 Å². The highest BCUT2D eigenvalue weighted by Crippen LogP contribution is 2.46. The van der Waals surface area contributed by atoms with Crippen LogP contribution in [0.2, 0.25) is 0 Å². The Kier molecular flexibility index (Phi) is 7.41. The second kappa shape index (κ2) is 10.4. The molecule has 2 aromatic carbocycles.